The number of carbonyl (C=O) groups excluding carboxylic acids is 1. The van der Waals surface area contributed by atoms with Crippen molar-refractivity contribution in [2.75, 3.05) is 6.54 Å². The van der Waals surface area contributed by atoms with E-state index in [1.54, 1.807) is 12.1 Å². The minimum Gasteiger partial charge on any atom is -0.319 e. The second-order valence-corrected chi connectivity index (χ2v) is 5.73. The van der Waals surface area contributed by atoms with Crippen molar-refractivity contribution in [1.29, 1.82) is 0 Å². The smallest absolute Gasteiger partial charge is 0.238 e. The van der Waals surface area contributed by atoms with Crippen molar-refractivity contribution in [2.45, 2.75) is 45.8 Å². The third kappa shape index (κ3) is 3.18. The fourth-order valence-corrected chi connectivity index (χ4v) is 2.80. The van der Waals surface area contributed by atoms with E-state index in [9.17, 15) is 9.18 Å². The van der Waals surface area contributed by atoms with Crippen molar-refractivity contribution >= 4 is 5.91 Å². The average Bonchev–Trinajstić information content (AvgIpc) is 2.81. The normalized spacial score (nSPS) is 22.1. The van der Waals surface area contributed by atoms with Crippen molar-refractivity contribution in [1.82, 2.24) is 10.2 Å². The number of hydrogen-bond donors (Lipinski definition) is 1. The number of carbonyl (C=O) groups is 1. The number of nitrogens with one attached hydrogen (secondary N) is 1. The molecular formula is C16H23FN2O. The minimum atomic E-state index is -0.253. The number of nitrogens with zero attached hydrogens (tertiary/aromatic N) is 1. The Labute approximate surface area is 120 Å². The Hall–Kier alpha value is -1.42. The minimum absolute atomic E-state index is 0.120. The monoisotopic (exact) mass is 278 g/mol. The fourth-order valence-electron chi connectivity index (χ4n) is 2.80. The predicted molar refractivity (Wildman–Crippen MR) is 77.5 cm³/mol. The number of halogens is 1. The summed E-state index contributed by atoms with van der Waals surface area (Å²) in [5.41, 5.74) is 0.938. The zero-order valence-electron chi connectivity index (χ0n) is 12.4. The maximum absolute atomic E-state index is 13.0. The zero-order valence-corrected chi connectivity index (χ0v) is 12.4. The Balaban J connectivity index is 2.15. The highest BCUT2D eigenvalue weighted by molar-refractivity contribution is 5.81. The van der Waals surface area contributed by atoms with E-state index in [-0.39, 0.29) is 23.9 Å². The highest BCUT2D eigenvalue weighted by Crippen LogP contribution is 2.27. The fraction of sp³-hybridized carbons (Fsp3) is 0.562. The van der Waals surface area contributed by atoms with Gasteiger partial charge < -0.3 is 4.90 Å². The molecule has 110 valence electrons. The van der Waals surface area contributed by atoms with E-state index in [2.05, 4.69) is 26.1 Å². The first kappa shape index (κ1) is 15.0. The Morgan fingerprint density at radius 1 is 1.35 bits per heavy atom. The molecule has 0 radical (unpaired) electrons. The molecule has 3 atom stereocenters. The van der Waals surface area contributed by atoms with Gasteiger partial charge in [0.15, 0.2) is 0 Å². The third-order valence-corrected chi connectivity index (χ3v) is 4.11. The lowest BCUT2D eigenvalue weighted by atomic mass is 9.98. The van der Waals surface area contributed by atoms with Gasteiger partial charge in [0, 0.05) is 6.04 Å². The lowest BCUT2D eigenvalue weighted by molar-refractivity contribution is -0.130. The molecule has 1 N–H and O–H groups in total. The highest BCUT2D eigenvalue weighted by Gasteiger charge is 2.35. The second-order valence-electron chi connectivity index (χ2n) is 5.73. The van der Waals surface area contributed by atoms with Crippen molar-refractivity contribution in [3.05, 3.63) is 35.6 Å². The van der Waals surface area contributed by atoms with Crippen molar-refractivity contribution < 1.29 is 9.18 Å². The molecule has 0 spiro atoms. The van der Waals surface area contributed by atoms with Crippen LogP contribution in [-0.4, -0.2) is 23.4 Å². The maximum Gasteiger partial charge on any atom is 0.238 e. The Morgan fingerprint density at radius 3 is 2.60 bits per heavy atom. The maximum atomic E-state index is 13.0. The van der Waals surface area contributed by atoms with Crippen LogP contribution >= 0.6 is 0 Å². The molecule has 4 heteroatoms. The van der Waals surface area contributed by atoms with Crippen LogP contribution in [0.5, 0.6) is 0 Å². The quantitative estimate of drug-likeness (QED) is 0.897. The summed E-state index contributed by atoms with van der Waals surface area (Å²) in [6.45, 7) is 6.82. The van der Waals surface area contributed by atoms with E-state index in [1.165, 1.54) is 12.1 Å². The van der Waals surface area contributed by atoms with Crippen molar-refractivity contribution in [2.24, 2.45) is 5.92 Å². The molecule has 1 amide bonds. The summed E-state index contributed by atoms with van der Waals surface area (Å²) in [6, 6.07) is 6.56. The number of benzene rings is 1. The molecule has 1 fully saturated rings. The second kappa shape index (κ2) is 6.35. The summed E-state index contributed by atoms with van der Waals surface area (Å²) in [6.07, 6.45) is 1.96. The van der Waals surface area contributed by atoms with E-state index in [1.807, 2.05) is 4.90 Å². The lowest BCUT2D eigenvalue weighted by Gasteiger charge is -2.32. The van der Waals surface area contributed by atoms with Crippen LogP contribution in [0.15, 0.2) is 24.3 Å². The van der Waals surface area contributed by atoms with Gasteiger partial charge in [-0.25, -0.2) is 4.39 Å². The van der Waals surface area contributed by atoms with Crippen molar-refractivity contribution in [3.8, 4) is 0 Å². The summed E-state index contributed by atoms with van der Waals surface area (Å²) in [4.78, 5) is 14.0. The first-order chi connectivity index (χ1) is 9.52. The molecule has 2 rings (SSSR count). The van der Waals surface area contributed by atoms with Gasteiger partial charge >= 0.3 is 0 Å². The molecule has 1 aliphatic heterocycles. The molecule has 1 aromatic rings. The summed E-state index contributed by atoms with van der Waals surface area (Å²) in [5, 5.41) is 3.22. The summed E-state index contributed by atoms with van der Waals surface area (Å²) >= 11 is 0. The Kier molecular flexibility index (Phi) is 4.76. The van der Waals surface area contributed by atoms with Crippen LogP contribution in [0.25, 0.3) is 0 Å². The van der Waals surface area contributed by atoms with Crippen LogP contribution in [0.2, 0.25) is 0 Å². The Bertz CT molecular complexity index is 460. The number of amides is 1. The SMILES string of the molecule is CCC(C)CC(C)N1C(=O)CNC1c1ccc(F)cc1. The molecule has 1 aromatic carbocycles. The summed E-state index contributed by atoms with van der Waals surface area (Å²) in [5.74, 6) is 0.458. The first-order valence-corrected chi connectivity index (χ1v) is 7.33. The van der Waals surface area contributed by atoms with Gasteiger partial charge in [-0.05, 0) is 37.0 Å². The number of hydrogen-bond acceptors (Lipinski definition) is 2. The Morgan fingerprint density at radius 2 is 2.00 bits per heavy atom. The number of rotatable bonds is 5. The summed E-state index contributed by atoms with van der Waals surface area (Å²) in [7, 11) is 0. The van der Waals surface area contributed by atoms with Gasteiger partial charge in [-0.3, -0.25) is 10.1 Å². The van der Waals surface area contributed by atoms with Gasteiger partial charge in [-0.2, -0.15) is 0 Å². The third-order valence-electron chi connectivity index (χ3n) is 4.11. The van der Waals surface area contributed by atoms with Crippen LogP contribution in [0.4, 0.5) is 4.39 Å². The zero-order chi connectivity index (χ0) is 14.7. The molecule has 1 aliphatic rings. The van der Waals surface area contributed by atoms with Crippen LogP contribution in [0.1, 0.15) is 45.3 Å². The van der Waals surface area contributed by atoms with Gasteiger partial charge in [0.1, 0.15) is 12.0 Å². The molecule has 0 aromatic heterocycles. The van der Waals surface area contributed by atoms with E-state index >= 15 is 0 Å². The van der Waals surface area contributed by atoms with Crippen molar-refractivity contribution in [3.63, 3.8) is 0 Å². The van der Waals surface area contributed by atoms with E-state index in [0.717, 1.165) is 18.4 Å². The van der Waals surface area contributed by atoms with Crippen LogP contribution in [0, 0.1) is 11.7 Å². The predicted octanol–water partition coefficient (Wildman–Crippen LogP) is 3.08. The molecule has 0 saturated carbocycles. The molecule has 3 nitrogen and oxygen atoms in total. The van der Waals surface area contributed by atoms with Gasteiger partial charge in [-0.15, -0.1) is 0 Å². The average molecular weight is 278 g/mol. The molecule has 20 heavy (non-hydrogen) atoms. The summed E-state index contributed by atoms with van der Waals surface area (Å²) < 4.78 is 13.0. The molecule has 0 aliphatic carbocycles. The standard InChI is InChI=1S/C16H23FN2O/c1-4-11(2)9-12(3)19-15(20)10-18-16(19)13-5-7-14(17)8-6-13/h5-8,11-12,16,18H,4,9-10H2,1-3H3. The molecule has 1 heterocycles. The van der Waals surface area contributed by atoms with Gasteiger partial charge in [0.05, 0.1) is 6.54 Å². The van der Waals surface area contributed by atoms with Crippen LogP contribution in [0.3, 0.4) is 0 Å². The van der Waals surface area contributed by atoms with E-state index in [0.29, 0.717) is 12.5 Å². The lowest BCUT2D eigenvalue weighted by Crippen LogP contribution is -2.38. The first-order valence-electron chi connectivity index (χ1n) is 7.33. The van der Waals surface area contributed by atoms with Crippen LogP contribution in [-0.2, 0) is 4.79 Å². The van der Waals surface area contributed by atoms with E-state index < -0.39 is 0 Å². The molecular weight excluding hydrogens is 255 g/mol. The molecule has 1 saturated heterocycles. The topological polar surface area (TPSA) is 32.3 Å². The largest absolute Gasteiger partial charge is 0.319 e. The van der Waals surface area contributed by atoms with Gasteiger partial charge in [-0.1, -0.05) is 32.4 Å². The van der Waals surface area contributed by atoms with Gasteiger partial charge in [0.25, 0.3) is 0 Å². The van der Waals surface area contributed by atoms with Gasteiger partial charge in [0.2, 0.25) is 5.91 Å². The highest BCUT2D eigenvalue weighted by atomic mass is 19.1. The molecule has 3 unspecified atom stereocenters. The van der Waals surface area contributed by atoms with E-state index in [4.69, 9.17) is 0 Å². The van der Waals surface area contributed by atoms with Crippen LogP contribution < -0.4 is 5.32 Å². The molecule has 0 bridgehead atoms.